The van der Waals surface area contributed by atoms with E-state index in [1.807, 2.05) is 0 Å². The molecule has 124 valence electrons. The van der Waals surface area contributed by atoms with E-state index in [-0.39, 0.29) is 11.8 Å². The van der Waals surface area contributed by atoms with Crippen molar-refractivity contribution in [3.8, 4) is 0 Å². The molecule has 1 aromatic heterocycles. The molecule has 1 saturated heterocycles. The summed E-state index contributed by atoms with van der Waals surface area (Å²) in [6, 6.07) is 10.6. The summed E-state index contributed by atoms with van der Waals surface area (Å²) in [5.74, 6) is 0.428. The molecule has 0 aliphatic carbocycles. The van der Waals surface area contributed by atoms with E-state index in [0.717, 1.165) is 31.7 Å². The van der Waals surface area contributed by atoms with Crippen LogP contribution in [0, 0.1) is 0 Å². The van der Waals surface area contributed by atoms with E-state index in [0.29, 0.717) is 16.9 Å². The highest BCUT2D eigenvalue weighted by molar-refractivity contribution is 6.07. The summed E-state index contributed by atoms with van der Waals surface area (Å²) in [5, 5.41) is 5.58. The average Bonchev–Trinajstić information content (AvgIpc) is 3.10. The van der Waals surface area contributed by atoms with Crippen LogP contribution in [0.2, 0.25) is 0 Å². The fraction of sp³-hybridized carbons (Fsp3) is 0.278. The summed E-state index contributed by atoms with van der Waals surface area (Å²) in [7, 11) is 0. The minimum Gasteiger partial charge on any atom is -0.356 e. The van der Waals surface area contributed by atoms with Crippen LogP contribution < -0.4 is 15.5 Å². The van der Waals surface area contributed by atoms with Crippen LogP contribution in [0.4, 0.5) is 17.2 Å². The number of pyridine rings is 1. The van der Waals surface area contributed by atoms with Crippen LogP contribution in [-0.4, -0.2) is 29.9 Å². The zero-order valence-electron chi connectivity index (χ0n) is 13.6. The summed E-state index contributed by atoms with van der Waals surface area (Å²) in [4.78, 5) is 30.2. The summed E-state index contributed by atoms with van der Waals surface area (Å²) >= 11 is 0. The fourth-order valence-electron chi connectivity index (χ4n) is 2.79. The van der Waals surface area contributed by atoms with Crippen LogP contribution in [-0.2, 0) is 4.79 Å². The van der Waals surface area contributed by atoms with Gasteiger partial charge in [-0.15, -0.1) is 0 Å². The Kier molecular flexibility index (Phi) is 4.74. The van der Waals surface area contributed by atoms with Crippen molar-refractivity contribution in [2.75, 3.05) is 28.6 Å². The first-order valence-corrected chi connectivity index (χ1v) is 8.02. The van der Waals surface area contributed by atoms with Crippen molar-refractivity contribution in [2.24, 2.45) is 0 Å². The maximum absolute atomic E-state index is 12.6. The Labute approximate surface area is 140 Å². The van der Waals surface area contributed by atoms with E-state index in [4.69, 9.17) is 0 Å². The lowest BCUT2D eigenvalue weighted by Gasteiger charge is -2.19. The molecule has 0 unspecified atom stereocenters. The Bertz CT molecular complexity index is 737. The lowest BCUT2D eigenvalue weighted by molar-refractivity contribution is -0.114. The molecule has 2 aromatic rings. The van der Waals surface area contributed by atoms with Gasteiger partial charge in [-0.05, 0) is 49.2 Å². The molecule has 6 nitrogen and oxygen atoms in total. The number of hydrogen-bond donors (Lipinski definition) is 2. The Morgan fingerprint density at radius 2 is 1.62 bits per heavy atom. The van der Waals surface area contributed by atoms with E-state index >= 15 is 0 Å². The predicted octanol–water partition coefficient (Wildman–Crippen LogP) is 2.89. The molecule has 0 saturated carbocycles. The summed E-state index contributed by atoms with van der Waals surface area (Å²) in [6.45, 7) is 3.32. The van der Waals surface area contributed by atoms with Crippen LogP contribution in [0.15, 0.2) is 42.6 Å². The number of nitrogens with zero attached hydrogens (tertiary/aromatic N) is 2. The molecule has 0 radical (unpaired) electrons. The van der Waals surface area contributed by atoms with Crippen molar-refractivity contribution in [1.82, 2.24) is 4.98 Å². The first-order chi connectivity index (χ1) is 11.6. The van der Waals surface area contributed by atoms with Gasteiger partial charge in [0.25, 0.3) is 5.91 Å². The second-order valence-corrected chi connectivity index (χ2v) is 5.78. The van der Waals surface area contributed by atoms with Crippen LogP contribution >= 0.6 is 0 Å². The van der Waals surface area contributed by atoms with Gasteiger partial charge >= 0.3 is 0 Å². The number of benzene rings is 1. The molecule has 0 spiro atoms. The molecule has 0 bridgehead atoms. The Hall–Kier alpha value is -2.89. The topological polar surface area (TPSA) is 74.3 Å². The largest absolute Gasteiger partial charge is 0.356 e. The number of anilines is 3. The number of nitrogens with one attached hydrogen (secondary N) is 2. The molecule has 1 fully saturated rings. The Balaban J connectivity index is 1.74. The smallest absolute Gasteiger partial charge is 0.259 e. The number of aromatic nitrogens is 1. The second-order valence-electron chi connectivity index (χ2n) is 5.78. The van der Waals surface area contributed by atoms with Crippen molar-refractivity contribution < 1.29 is 9.59 Å². The van der Waals surface area contributed by atoms with Gasteiger partial charge < -0.3 is 15.5 Å². The average molecular weight is 324 g/mol. The minimum atomic E-state index is -0.183. The first kappa shape index (κ1) is 16.0. The van der Waals surface area contributed by atoms with E-state index < -0.39 is 0 Å². The maximum atomic E-state index is 12.6. The monoisotopic (exact) mass is 324 g/mol. The number of rotatable bonds is 4. The van der Waals surface area contributed by atoms with Gasteiger partial charge in [-0.25, -0.2) is 4.98 Å². The number of carbonyl (C=O) groups excluding carboxylic acids is 2. The van der Waals surface area contributed by atoms with E-state index in [1.165, 1.54) is 6.92 Å². The molecule has 2 N–H and O–H groups in total. The zero-order chi connectivity index (χ0) is 16.9. The second kappa shape index (κ2) is 7.12. The zero-order valence-corrected chi connectivity index (χ0v) is 13.6. The predicted molar refractivity (Wildman–Crippen MR) is 94.4 cm³/mol. The molecule has 2 heterocycles. The Morgan fingerprint density at radius 1 is 1.00 bits per heavy atom. The maximum Gasteiger partial charge on any atom is 0.259 e. The summed E-state index contributed by atoms with van der Waals surface area (Å²) in [5.41, 5.74) is 1.94. The number of carbonyl (C=O) groups is 2. The van der Waals surface area contributed by atoms with Crippen molar-refractivity contribution in [1.29, 1.82) is 0 Å². The van der Waals surface area contributed by atoms with Gasteiger partial charge in [0.1, 0.15) is 5.82 Å². The molecule has 1 aromatic carbocycles. The molecule has 6 heteroatoms. The lowest BCUT2D eigenvalue weighted by Crippen LogP contribution is -2.24. The molecule has 0 atom stereocenters. The van der Waals surface area contributed by atoms with Gasteiger partial charge in [0.2, 0.25) is 5.91 Å². The normalized spacial score (nSPS) is 13.6. The minimum absolute atomic E-state index is 0.127. The van der Waals surface area contributed by atoms with Crippen molar-refractivity contribution >= 4 is 29.0 Å². The van der Waals surface area contributed by atoms with Crippen molar-refractivity contribution in [3.63, 3.8) is 0 Å². The SMILES string of the molecule is CC(=O)Nc1ccc(NC(=O)c2cccnc2N2CCCC2)cc1. The van der Waals surface area contributed by atoms with Gasteiger partial charge in [-0.1, -0.05) is 0 Å². The third kappa shape index (κ3) is 3.71. The molecule has 2 amide bonds. The van der Waals surface area contributed by atoms with E-state index in [2.05, 4.69) is 20.5 Å². The molecule has 1 aliphatic rings. The third-order valence-electron chi connectivity index (χ3n) is 3.90. The molecular weight excluding hydrogens is 304 g/mol. The highest BCUT2D eigenvalue weighted by Crippen LogP contribution is 2.23. The summed E-state index contributed by atoms with van der Waals surface area (Å²) in [6.07, 6.45) is 3.97. The highest BCUT2D eigenvalue weighted by atomic mass is 16.2. The van der Waals surface area contributed by atoms with Crippen LogP contribution in [0.5, 0.6) is 0 Å². The first-order valence-electron chi connectivity index (χ1n) is 8.02. The fourth-order valence-corrected chi connectivity index (χ4v) is 2.79. The van der Waals surface area contributed by atoms with Gasteiger partial charge in [0.05, 0.1) is 5.56 Å². The van der Waals surface area contributed by atoms with E-state index in [1.54, 1.807) is 42.6 Å². The van der Waals surface area contributed by atoms with Crippen molar-refractivity contribution in [3.05, 3.63) is 48.2 Å². The highest BCUT2D eigenvalue weighted by Gasteiger charge is 2.20. The number of hydrogen-bond acceptors (Lipinski definition) is 4. The molecular formula is C18H20N4O2. The summed E-state index contributed by atoms with van der Waals surface area (Å²) < 4.78 is 0. The lowest BCUT2D eigenvalue weighted by atomic mass is 10.2. The molecule has 24 heavy (non-hydrogen) atoms. The van der Waals surface area contributed by atoms with E-state index in [9.17, 15) is 9.59 Å². The third-order valence-corrected chi connectivity index (χ3v) is 3.90. The molecule has 3 rings (SSSR count). The van der Waals surface area contributed by atoms with Gasteiger partial charge in [-0.2, -0.15) is 0 Å². The van der Waals surface area contributed by atoms with Crippen LogP contribution in [0.1, 0.15) is 30.1 Å². The van der Waals surface area contributed by atoms with Crippen LogP contribution in [0.3, 0.4) is 0 Å². The molecule has 1 aliphatic heterocycles. The standard InChI is InChI=1S/C18H20N4O2/c1-13(23)20-14-6-8-15(9-7-14)21-18(24)16-5-4-10-19-17(16)22-11-2-3-12-22/h4-10H,2-3,11-12H2,1H3,(H,20,23)(H,21,24). The van der Waals surface area contributed by atoms with Gasteiger partial charge in [0, 0.05) is 37.6 Å². The number of amides is 2. The van der Waals surface area contributed by atoms with Gasteiger partial charge in [-0.3, -0.25) is 9.59 Å². The quantitative estimate of drug-likeness (QED) is 0.907. The Morgan fingerprint density at radius 3 is 2.25 bits per heavy atom. The van der Waals surface area contributed by atoms with Gasteiger partial charge in [0.15, 0.2) is 0 Å². The van der Waals surface area contributed by atoms with Crippen molar-refractivity contribution in [2.45, 2.75) is 19.8 Å². The van der Waals surface area contributed by atoms with Crippen LogP contribution in [0.25, 0.3) is 0 Å².